The molecule has 0 spiro atoms. The number of amides is 2. The first-order chi connectivity index (χ1) is 15.4. The van der Waals surface area contributed by atoms with Crippen molar-refractivity contribution in [3.05, 3.63) is 106 Å². The zero-order chi connectivity index (χ0) is 22.7. The molecule has 32 heavy (non-hydrogen) atoms. The van der Waals surface area contributed by atoms with E-state index in [0.29, 0.717) is 21.3 Å². The van der Waals surface area contributed by atoms with Gasteiger partial charge in [0.05, 0.1) is 21.4 Å². The van der Waals surface area contributed by atoms with E-state index in [-0.39, 0.29) is 5.91 Å². The van der Waals surface area contributed by atoms with Crippen molar-refractivity contribution in [2.24, 2.45) is 4.99 Å². The van der Waals surface area contributed by atoms with Crippen LogP contribution < -0.4 is 10.2 Å². The van der Waals surface area contributed by atoms with Crippen LogP contribution in [-0.4, -0.2) is 30.7 Å². The molecule has 4 rings (SSSR count). The molecule has 0 saturated heterocycles. The molecule has 1 aliphatic rings. The van der Waals surface area contributed by atoms with E-state index in [2.05, 4.69) is 10.3 Å². The Morgan fingerprint density at radius 2 is 1.72 bits per heavy atom. The highest BCUT2D eigenvalue weighted by molar-refractivity contribution is 6.42. The Morgan fingerprint density at radius 1 is 1.00 bits per heavy atom. The van der Waals surface area contributed by atoms with Crippen LogP contribution in [0.1, 0.15) is 16.7 Å². The number of carbonyl (C=O) groups excluding carboxylic acids is 2. The van der Waals surface area contributed by atoms with Gasteiger partial charge in [-0.25, -0.2) is 4.99 Å². The number of anilines is 1. The van der Waals surface area contributed by atoms with Crippen LogP contribution in [0.2, 0.25) is 10.0 Å². The average Bonchev–Trinajstić information content (AvgIpc) is 2.91. The topological polar surface area (TPSA) is 61.8 Å². The molecule has 160 valence electrons. The minimum Gasteiger partial charge on any atom is -0.323 e. The molecular formula is C25H19Cl2N3O2. The maximum absolute atomic E-state index is 13.1. The van der Waals surface area contributed by atoms with Crippen molar-refractivity contribution in [3.63, 3.8) is 0 Å². The van der Waals surface area contributed by atoms with Crippen molar-refractivity contribution < 1.29 is 9.59 Å². The number of rotatable bonds is 4. The number of fused-ring (bicyclic) bond motifs is 1. The van der Waals surface area contributed by atoms with Gasteiger partial charge in [-0.15, -0.1) is 0 Å². The van der Waals surface area contributed by atoms with Gasteiger partial charge in [-0.2, -0.15) is 0 Å². The van der Waals surface area contributed by atoms with Gasteiger partial charge >= 0.3 is 0 Å². The van der Waals surface area contributed by atoms with Gasteiger partial charge in [0.1, 0.15) is 0 Å². The van der Waals surface area contributed by atoms with Crippen molar-refractivity contribution in [2.45, 2.75) is 6.17 Å². The average molecular weight is 464 g/mol. The fourth-order valence-electron chi connectivity index (χ4n) is 3.41. The molecule has 2 amide bonds. The second-order valence-corrected chi connectivity index (χ2v) is 7.99. The first-order valence-electron chi connectivity index (χ1n) is 9.88. The number of halogens is 2. The summed E-state index contributed by atoms with van der Waals surface area (Å²) in [7, 11) is 1.68. The molecule has 1 aliphatic heterocycles. The van der Waals surface area contributed by atoms with Gasteiger partial charge in [0.2, 0.25) is 12.1 Å². The van der Waals surface area contributed by atoms with Crippen LogP contribution in [0.25, 0.3) is 6.08 Å². The predicted molar refractivity (Wildman–Crippen MR) is 129 cm³/mol. The zero-order valence-electron chi connectivity index (χ0n) is 17.1. The fourth-order valence-corrected chi connectivity index (χ4v) is 3.72. The summed E-state index contributed by atoms with van der Waals surface area (Å²) in [5, 5.41) is 3.53. The van der Waals surface area contributed by atoms with Gasteiger partial charge in [0.15, 0.2) is 0 Å². The van der Waals surface area contributed by atoms with Gasteiger partial charge < -0.3 is 10.2 Å². The Balaban J connectivity index is 1.65. The van der Waals surface area contributed by atoms with Crippen molar-refractivity contribution in [3.8, 4) is 0 Å². The molecule has 0 radical (unpaired) electrons. The standard InChI is InChI=1S/C25H19Cl2N3O2/c1-30-21-10-6-5-9-18(21)23(17-7-3-2-4-8-17)29-24(25(30)32)28-22(31)14-12-16-11-13-19(26)20(27)15-16/h2-15,24H,1H3,(H,28,31)/b14-12+/t24-/m1/s1. The molecule has 0 saturated carbocycles. The number of likely N-dealkylation sites (N-methyl/N-ethyl adjacent to an activating group) is 1. The van der Waals surface area contributed by atoms with E-state index in [1.54, 1.807) is 31.3 Å². The molecule has 5 nitrogen and oxygen atoms in total. The number of benzene rings is 3. The SMILES string of the molecule is CN1C(=O)[C@H](NC(=O)/C=C/c2ccc(Cl)c(Cl)c2)N=C(c2ccccc2)c2ccccc21. The molecule has 3 aromatic rings. The number of hydrogen-bond donors (Lipinski definition) is 1. The highest BCUT2D eigenvalue weighted by Gasteiger charge is 2.30. The predicted octanol–water partition coefficient (Wildman–Crippen LogP) is 4.96. The van der Waals surface area contributed by atoms with E-state index >= 15 is 0 Å². The van der Waals surface area contributed by atoms with Crippen LogP contribution in [0.5, 0.6) is 0 Å². The van der Waals surface area contributed by atoms with E-state index in [1.165, 1.54) is 11.0 Å². The maximum Gasteiger partial charge on any atom is 0.272 e. The summed E-state index contributed by atoms with van der Waals surface area (Å²) in [6.45, 7) is 0. The number of benzodiazepines with no additional fused rings is 1. The van der Waals surface area contributed by atoms with Gasteiger partial charge in [0.25, 0.3) is 5.91 Å². The summed E-state index contributed by atoms with van der Waals surface area (Å²) in [4.78, 5) is 31.9. The quantitative estimate of drug-likeness (QED) is 0.555. The highest BCUT2D eigenvalue weighted by Crippen LogP contribution is 2.27. The number of hydrogen-bond acceptors (Lipinski definition) is 3. The second-order valence-electron chi connectivity index (χ2n) is 7.18. The summed E-state index contributed by atoms with van der Waals surface area (Å²) >= 11 is 11.9. The third kappa shape index (κ3) is 4.59. The van der Waals surface area contributed by atoms with Crippen LogP contribution in [-0.2, 0) is 9.59 Å². The summed E-state index contributed by atoms with van der Waals surface area (Å²) in [5.41, 5.74) is 3.74. The van der Waals surface area contributed by atoms with Crippen molar-refractivity contribution in [2.75, 3.05) is 11.9 Å². The number of nitrogens with one attached hydrogen (secondary N) is 1. The lowest BCUT2D eigenvalue weighted by atomic mass is 10.0. The van der Waals surface area contributed by atoms with Crippen molar-refractivity contribution in [1.29, 1.82) is 0 Å². The molecule has 0 bridgehead atoms. The molecule has 3 aromatic carbocycles. The molecule has 0 aromatic heterocycles. The lowest BCUT2D eigenvalue weighted by Crippen LogP contribution is -2.45. The summed E-state index contributed by atoms with van der Waals surface area (Å²) in [5.74, 6) is -0.787. The third-order valence-corrected chi connectivity index (χ3v) is 5.78. The molecular weight excluding hydrogens is 445 g/mol. The van der Waals surface area contributed by atoms with E-state index < -0.39 is 12.1 Å². The molecule has 0 fully saturated rings. The van der Waals surface area contributed by atoms with Gasteiger partial charge in [-0.1, -0.05) is 77.8 Å². The summed E-state index contributed by atoms with van der Waals surface area (Å²) in [6, 6.07) is 22.2. The van der Waals surface area contributed by atoms with E-state index in [0.717, 1.165) is 16.8 Å². The van der Waals surface area contributed by atoms with E-state index in [1.807, 2.05) is 54.6 Å². The second kappa shape index (κ2) is 9.39. The first kappa shape index (κ1) is 21.8. The minimum absolute atomic E-state index is 0.334. The first-order valence-corrected chi connectivity index (χ1v) is 10.6. The lowest BCUT2D eigenvalue weighted by Gasteiger charge is -2.20. The Labute approximate surface area is 196 Å². The maximum atomic E-state index is 13.1. The molecule has 1 N–H and O–H groups in total. The number of aliphatic imine (C=N–C) groups is 1. The normalized spacial score (nSPS) is 15.8. The smallest absolute Gasteiger partial charge is 0.272 e. The van der Waals surface area contributed by atoms with E-state index in [9.17, 15) is 9.59 Å². The fraction of sp³-hybridized carbons (Fsp3) is 0.0800. The molecule has 0 unspecified atom stereocenters. The number of para-hydroxylation sites is 1. The van der Waals surface area contributed by atoms with Gasteiger partial charge in [-0.05, 0) is 29.8 Å². The Hall–Kier alpha value is -3.41. The number of carbonyl (C=O) groups is 2. The lowest BCUT2D eigenvalue weighted by molar-refractivity contribution is -0.124. The molecule has 0 aliphatic carbocycles. The largest absolute Gasteiger partial charge is 0.323 e. The van der Waals surface area contributed by atoms with E-state index in [4.69, 9.17) is 23.2 Å². The monoisotopic (exact) mass is 463 g/mol. The molecule has 1 atom stereocenters. The van der Waals surface area contributed by atoms with Crippen LogP contribution >= 0.6 is 23.2 Å². The number of nitrogens with zero attached hydrogens (tertiary/aromatic N) is 2. The Kier molecular flexibility index (Phi) is 6.40. The van der Waals surface area contributed by atoms with Crippen molar-refractivity contribution >= 4 is 52.5 Å². The van der Waals surface area contributed by atoms with Crippen LogP contribution in [0, 0.1) is 0 Å². The summed E-state index contributed by atoms with van der Waals surface area (Å²) < 4.78 is 0. The van der Waals surface area contributed by atoms with Crippen LogP contribution in [0.15, 0.2) is 83.9 Å². The van der Waals surface area contributed by atoms with Crippen molar-refractivity contribution in [1.82, 2.24) is 5.32 Å². The Morgan fingerprint density at radius 3 is 2.47 bits per heavy atom. The van der Waals surface area contributed by atoms with Crippen LogP contribution in [0.3, 0.4) is 0 Å². The zero-order valence-corrected chi connectivity index (χ0v) is 18.6. The third-order valence-electron chi connectivity index (χ3n) is 5.04. The molecule has 7 heteroatoms. The van der Waals surface area contributed by atoms with Gasteiger partial charge in [0, 0.05) is 24.3 Å². The minimum atomic E-state index is -1.08. The molecule has 1 heterocycles. The highest BCUT2D eigenvalue weighted by atomic mass is 35.5. The summed E-state index contributed by atoms with van der Waals surface area (Å²) in [6.07, 6.45) is 1.86. The Bertz CT molecular complexity index is 1240. The van der Waals surface area contributed by atoms with Crippen LogP contribution in [0.4, 0.5) is 5.69 Å². The van der Waals surface area contributed by atoms with Gasteiger partial charge in [-0.3, -0.25) is 9.59 Å².